The van der Waals surface area contributed by atoms with Crippen LogP contribution in [0.1, 0.15) is 0 Å². The van der Waals surface area contributed by atoms with Gasteiger partial charge < -0.3 is 4.74 Å². The monoisotopic (exact) mass is 123 g/mol. The van der Waals surface area contributed by atoms with Gasteiger partial charge in [0.1, 0.15) is 0 Å². The van der Waals surface area contributed by atoms with E-state index in [-0.39, 0.29) is 29.6 Å². The SMILES string of the molecule is COC(=O)NC#N.[Na+]. The van der Waals surface area contributed by atoms with Crippen LogP contribution in [0.3, 0.4) is 0 Å². The second-order valence-corrected chi connectivity index (χ2v) is 0.728. The van der Waals surface area contributed by atoms with Crippen LogP contribution in [-0.2, 0) is 4.74 Å². The zero-order valence-electron chi connectivity index (χ0n) is 4.76. The molecule has 1 amide bonds. The number of carbonyl (C=O) groups excluding carboxylic acids is 1. The molecule has 0 heterocycles. The number of nitrogens with one attached hydrogen (secondary N) is 1. The zero-order valence-corrected chi connectivity index (χ0v) is 6.76. The normalized spacial score (nSPS) is 5.50. The number of hydrogen-bond acceptors (Lipinski definition) is 3. The molecule has 0 fully saturated rings. The Kier molecular flexibility index (Phi) is 9.03. The molecule has 0 radical (unpaired) electrons. The predicted octanol–water partition coefficient (Wildman–Crippen LogP) is -3.17. The van der Waals surface area contributed by atoms with Crippen LogP contribution in [0.2, 0.25) is 0 Å². The van der Waals surface area contributed by atoms with E-state index in [1.54, 1.807) is 5.32 Å². The van der Waals surface area contributed by atoms with Gasteiger partial charge >= 0.3 is 35.7 Å². The average molecular weight is 123 g/mol. The van der Waals surface area contributed by atoms with E-state index >= 15 is 0 Å². The molecule has 1 N–H and O–H groups in total. The maximum atomic E-state index is 9.86. The van der Waals surface area contributed by atoms with Crippen molar-refractivity contribution in [2.45, 2.75) is 0 Å². The Labute approximate surface area is 69.1 Å². The molecule has 0 saturated carbocycles. The Morgan fingerprint density at radius 1 is 1.88 bits per heavy atom. The number of carbonyl (C=O) groups is 1. The van der Waals surface area contributed by atoms with Crippen LogP contribution in [0.25, 0.3) is 0 Å². The second-order valence-electron chi connectivity index (χ2n) is 0.728. The maximum Gasteiger partial charge on any atom is 1.00 e. The van der Waals surface area contributed by atoms with Gasteiger partial charge in [-0.1, -0.05) is 0 Å². The Bertz CT molecular complexity index is 108. The number of rotatable bonds is 0. The maximum absolute atomic E-state index is 9.86. The number of methoxy groups -OCH3 is 1. The molecule has 0 rings (SSSR count). The summed E-state index contributed by atoms with van der Waals surface area (Å²) in [6.07, 6.45) is 0.660. The first-order chi connectivity index (χ1) is 3.31. The number of nitriles is 1. The summed E-state index contributed by atoms with van der Waals surface area (Å²) < 4.78 is 4.02. The third-order valence-corrected chi connectivity index (χ3v) is 0.343. The molecule has 0 aromatic heterocycles. The molecule has 0 unspecified atom stereocenters. The van der Waals surface area contributed by atoms with Crippen LogP contribution >= 0.6 is 0 Å². The van der Waals surface area contributed by atoms with Gasteiger partial charge in [0.25, 0.3) is 0 Å². The third kappa shape index (κ3) is 5.76. The van der Waals surface area contributed by atoms with Gasteiger partial charge in [-0.15, -0.1) is 0 Å². The quantitative estimate of drug-likeness (QED) is 0.210. The molecule has 0 aliphatic carbocycles. The summed E-state index contributed by atoms with van der Waals surface area (Å²) in [4.78, 5) is 9.86. The fourth-order valence-electron chi connectivity index (χ4n) is 0.0967. The Hall–Kier alpha value is -0.240. The molecule has 0 atom stereocenters. The minimum atomic E-state index is -0.734. The average Bonchev–Trinajstić information content (AvgIpc) is 1.68. The van der Waals surface area contributed by atoms with Gasteiger partial charge in [-0.05, 0) is 0 Å². The zero-order chi connectivity index (χ0) is 5.70. The first-order valence-corrected chi connectivity index (χ1v) is 1.54. The van der Waals surface area contributed by atoms with Crippen LogP contribution in [0.15, 0.2) is 0 Å². The minimum absolute atomic E-state index is 0. The van der Waals surface area contributed by atoms with E-state index in [2.05, 4.69) is 4.74 Å². The van der Waals surface area contributed by atoms with Crippen molar-refractivity contribution in [3.05, 3.63) is 0 Å². The van der Waals surface area contributed by atoms with Crippen molar-refractivity contribution in [2.75, 3.05) is 7.11 Å². The Morgan fingerprint density at radius 2 is 2.38 bits per heavy atom. The van der Waals surface area contributed by atoms with Crippen molar-refractivity contribution in [2.24, 2.45) is 0 Å². The van der Waals surface area contributed by atoms with E-state index in [1.807, 2.05) is 0 Å². The van der Waals surface area contributed by atoms with Gasteiger partial charge in [-0.3, -0.25) is 0 Å². The summed E-state index contributed by atoms with van der Waals surface area (Å²) in [5.41, 5.74) is 0. The molecule has 0 saturated heterocycles. The molecular formula is C3H4N2NaO2+. The molecule has 0 spiro atoms. The topological polar surface area (TPSA) is 62.1 Å². The van der Waals surface area contributed by atoms with Crippen molar-refractivity contribution in [1.82, 2.24) is 5.32 Å². The van der Waals surface area contributed by atoms with Crippen molar-refractivity contribution in [3.63, 3.8) is 0 Å². The van der Waals surface area contributed by atoms with E-state index in [1.165, 1.54) is 13.3 Å². The van der Waals surface area contributed by atoms with Crippen LogP contribution < -0.4 is 34.9 Å². The smallest absolute Gasteiger partial charge is 0.452 e. The minimum Gasteiger partial charge on any atom is -0.452 e. The van der Waals surface area contributed by atoms with E-state index < -0.39 is 6.09 Å². The van der Waals surface area contributed by atoms with E-state index in [4.69, 9.17) is 5.26 Å². The van der Waals surface area contributed by atoms with Crippen LogP contribution in [0, 0.1) is 11.5 Å². The van der Waals surface area contributed by atoms with Gasteiger partial charge in [0, 0.05) is 0 Å². The molecule has 38 valence electrons. The number of nitrogens with zero attached hydrogens (tertiary/aromatic N) is 1. The Balaban J connectivity index is 0. The predicted molar refractivity (Wildman–Crippen MR) is 21.2 cm³/mol. The summed E-state index contributed by atoms with van der Waals surface area (Å²) >= 11 is 0. The van der Waals surface area contributed by atoms with Gasteiger partial charge in [0.2, 0.25) is 0 Å². The molecule has 0 aliphatic rings. The van der Waals surface area contributed by atoms with Gasteiger partial charge in [-0.25, -0.2) is 10.1 Å². The molecule has 5 heteroatoms. The molecule has 0 aliphatic heterocycles. The van der Waals surface area contributed by atoms with Crippen LogP contribution in [-0.4, -0.2) is 13.2 Å². The standard InChI is InChI=1S/C3H4N2O2.Na/c1-7-3(6)5-2-4;/h1H3,(H,5,6);/q;+1. The van der Waals surface area contributed by atoms with E-state index in [9.17, 15) is 4.79 Å². The summed E-state index contributed by atoms with van der Waals surface area (Å²) in [6, 6.07) is 0. The van der Waals surface area contributed by atoms with Crippen molar-refractivity contribution >= 4 is 6.09 Å². The molecular weight excluding hydrogens is 119 g/mol. The van der Waals surface area contributed by atoms with Crippen molar-refractivity contribution in [1.29, 1.82) is 5.26 Å². The molecule has 0 aromatic rings. The fraction of sp³-hybridized carbons (Fsp3) is 0.333. The summed E-state index contributed by atoms with van der Waals surface area (Å²) in [7, 11) is 1.19. The molecule has 8 heavy (non-hydrogen) atoms. The van der Waals surface area contributed by atoms with Crippen LogP contribution in [0.4, 0.5) is 4.79 Å². The second kappa shape index (κ2) is 6.76. The summed E-state index contributed by atoms with van der Waals surface area (Å²) in [6.45, 7) is 0. The Morgan fingerprint density at radius 3 is 2.50 bits per heavy atom. The number of amides is 1. The van der Waals surface area contributed by atoms with Crippen molar-refractivity contribution in [3.8, 4) is 6.19 Å². The van der Waals surface area contributed by atoms with E-state index in [0.29, 0.717) is 0 Å². The fourth-order valence-corrected chi connectivity index (χ4v) is 0.0967. The van der Waals surface area contributed by atoms with Crippen LogP contribution in [0.5, 0.6) is 0 Å². The number of ether oxygens (including phenoxy) is 1. The number of hydrogen-bond donors (Lipinski definition) is 1. The van der Waals surface area contributed by atoms with Crippen molar-refractivity contribution < 1.29 is 39.1 Å². The molecule has 4 nitrogen and oxygen atoms in total. The molecule has 0 bridgehead atoms. The van der Waals surface area contributed by atoms with E-state index in [0.717, 1.165) is 0 Å². The largest absolute Gasteiger partial charge is 1.00 e. The summed E-state index contributed by atoms with van der Waals surface area (Å²) in [5.74, 6) is 0. The van der Waals surface area contributed by atoms with Gasteiger partial charge in [0.15, 0.2) is 6.19 Å². The first-order valence-electron chi connectivity index (χ1n) is 1.54. The first kappa shape index (κ1) is 10.7. The van der Waals surface area contributed by atoms with Gasteiger partial charge in [0.05, 0.1) is 7.11 Å². The van der Waals surface area contributed by atoms with Gasteiger partial charge in [-0.2, -0.15) is 5.26 Å². The summed E-state index contributed by atoms with van der Waals surface area (Å²) in [5, 5.41) is 9.45. The third-order valence-electron chi connectivity index (χ3n) is 0.343. The number of alkyl carbamates (subject to hydrolysis) is 1. The molecule has 0 aromatic carbocycles.